The molecule has 0 saturated heterocycles. The fourth-order valence-corrected chi connectivity index (χ4v) is 1.80. The highest BCUT2D eigenvalue weighted by atomic mass is 32.1. The van der Waals surface area contributed by atoms with E-state index in [9.17, 15) is 9.59 Å². The molecule has 0 bridgehead atoms. The summed E-state index contributed by atoms with van der Waals surface area (Å²) in [6, 6.07) is 6.49. The van der Waals surface area contributed by atoms with E-state index in [1.54, 1.807) is 48.1 Å². The summed E-state index contributed by atoms with van der Waals surface area (Å²) in [6.45, 7) is 1.78. The van der Waals surface area contributed by atoms with Crippen molar-refractivity contribution in [1.82, 2.24) is 9.55 Å². The van der Waals surface area contributed by atoms with Crippen LogP contribution in [0, 0.1) is 4.77 Å². The zero-order valence-electron chi connectivity index (χ0n) is 10.7. The van der Waals surface area contributed by atoms with Gasteiger partial charge in [0.05, 0.1) is 12.2 Å². The standard InChI is InChI=1S/C13H12N2O4S/c1-2-18-13(17)19-11(16)9-3-5-10(6-4-9)15-8-7-14-12(15)20/h3-8H,2H2,1H3,(H,14,20). The number of aromatic nitrogens is 2. The first-order chi connectivity index (χ1) is 9.61. The average molecular weight is 292 g/mol. The van der Waals surface area contributed by atoms with Crippen LogP contribution in [0.4, 0.5) is 4.79 Å². The molecular weight excluding hydrogens is 280 g/mol. The fraction of sp³-hybridized carbons (Fsp3) is 0.154. The second-order valence-electron chi connectivity index (χ2n) is 3.75. The highest BCUT2D eigenvalue weighted by Crippen LogP contribution is 2.11. The molecule has 104 valence electrons. The summed E-state index contributed by atoms with van der Waals surface area (Å²) in [6.07, 6.45) is 2.48. The largest absolute Gasteiger partial charge is 0.516 e. The van der Waals surface area contributed by atoms with Gasteiger partial charge in [0.25, 0.3) is 0 Å². The zero-order chi connectivity index (χ0) is 14.5. The van der Waals surface area contributed by atoms with Crippen molar-refractivity contribution < 1.29 is 19.1 Å². The lowest BCUT2D eigenvalue weighted by atomic mass is 10.2. The summed E-state index contributed by atoms with van der Waals surface area (Å²) >= 11 is 5.09. The van der Waals surface area contributed by atoms with E-state index in [0.717, 1.165) is 5.69 Å². The van der Waals surface area contributed by atoms with Gasteiger partial charge in [0.15, 0.2) is 4.77 Å². The van der Waals surface area contributed by atoms with Crippen molar-refractivity contribution in [2.75, 3.05) is 6.61 Å². The van der Waals surface area contributed by atoms with Crippen molar-refractivity contribution in [2.24, 2.45) is 0 Å². The lowest BCUT2D eigenvalue weighted by molar-refractivity contribution is 0.0401. The molecule has 0 saturated carbocycles. The number of aromatic amines is 1. The summed E-state index contributed by atoms with van der Waals surface area (Å²) in [5.74, 6) is -0.757. The Labute approximate surface area is 119 Å². The van der Waals surface area contributed by atoms with Crippen LogP contribution in [0.15, 0.2) is 36.7 Å². The second kappa shape index (κ2) is 6.16. The molecule has 6 nitrogen and oxygen atoms in total. The van der Waals surface area contributed by atoms with Crippen LogP contribution >= 0.6 is 12.2 Å². The summed E-state index contributed by atoms with van der Waals surface area (Å²) in [5, 5.41) is 0. The molecule has 1 aromatic heterocycles. The maximum Gasteiger partial charge on any atom is 0.516 e. The third kappa shape index (κ3) is 3.12. The number of carbonyl (C=O) groups is 2. The van der Waals surface area contributed by atoms with E-state index in [4.69, 9.17) is 12.2 Å². The second-order valence-corrected chi connectivity index (χ2v) is 4.14. The van der Waals surface area contributed by atoms with Gasteiger partial charge in [-0.1, -0.05) is 0 Å². The maximum atomic E-state index is 11.6. The number of nitrogens with zero attached hydrogens (tertiary/aromatic N) is 1. The van der Waals surface area contributed by atoms with E-state index in [1.165, 1.54) is 0 Å². The number of imidazole rings is 1. The quantitative estimate of drug-likeness (QED) is 0.535. The molecule has 2 aromatic rings. The molecule has 1 N–H and O–H groups in total. The summed E-state index contributed by atoms with van der Waals surface area (Å²) in [5.41, 5.74) is 1.05. The van der Waals surface area contributed by atoms with Crippen LogP contribution < -0.4 is 0 Å². The molecule has 0 amide bonds. The SMILES string of the molecule is CCOC(=O)OC(=O)c1ccc(-n2cc[nH]c2=S)cc1. The van der Waals surface area contributed by atoms with Crippen molar-refractivity contribution in [3.63, 3.8) is 0 Å². The number of hydrogen-bond donors (Lipinski definition) is 1. The Kier molecular flexibility index (Phi) is 4.31. The molecule has 0 atom stereocenters. The summed E-state index contributed by atoms with van der Waals surface area (Å²) in [7, 11) is 0. The molecule has 20 heavy (non-hydrogen) atoms. The molecule has 0 fully saturated rings. The van der Waals surface area contributed by atoms with E-state index >= 15 is 0 Å². The van der Waals surface area contributed by atoms with Gasteiger partial charge in [0.2, 0.25) is 0 Å². The van der Waals surface area contributed by atoms with Gasteiger partial charge < -0.3 is 14.5 Å². The molecule has 2 rings (SSSR count). The lowest BCUT2D eigenvalue weighted by Crippen LogP contribution is -2.13. The van der Waals surface area contributed by atoms with Crippen molar-refractivity contribution >= 4 is 24.3 Å². The summed E-state index contributed by atoms with van der Waals surface area (Å²) in [4.78, 5) is 25.5. The van der Waals surface area contributed by atoms with E-state index in [-0.39, 0.29) is 12.2 Å². The van der Waals surface area contributed by atoms with Crippen LogP contribution in [0.1, 0.15) is 17.3 Å². The minimum absolute atomic E-state index is 0.150. The molecule has 0 aliphatic heterocycles. The van der Waals surface area contributed by atoms with Gasteiger partial charge >= 0.3 is 12.1 Å². The molecule has 0 unspecified atom stereocenters. The Bertz CT molecular complexity index is 672. The first kappa shape index (κ1) is 14.0. The number of ether oxygens (including phenoxy) is 2. The minimum atomic E-state index is -1.01. The van der Waals surface area contributed by atoms with Gasteiger partial charge in [-0.3, -0.25) is 4.57 Å². The Balaban J connectivity index is 2.12. The van der Waals surface area contributed by atoms with E-state index < -0.39 is 12.1 Å². The zero-order valence-corrected chi connectivity index (χ0v) is 11.5. The number of carbonyl (C=O) groups excluding carboxylic acids is 2. The minimum Gasteiger partial charge on any atom is -0.434 e. The van der Waals surface area contributed by atoms with Crippen molar-refractivity contribution in [1.29, 1.82) is 0 Å². The maximum absolute atomic E-state index is 11.6. The average Bonchev–Trinajstić information content (AvgIpc) is 2.85. The van der Waals surface area contributed by atoms with Gasteiger partial charge in [0, 0.05) is 18.1 Å². The fourth-order valence-electron chi connectivity index (χ4n) is 1.56. The van der Waals surface area contributed by atoms with Crippen LogP contribution in [0.2, 0.25) is 0 Å². The van der Waals surface area contributed by atoms with Crippen LogP contribution in [0.3, 0.4) is 0 Å². The molecule has 0 spiro atoms. The highest BCUT2D eigenvalue weighted by molar-refractivity contribution is 7.71. The smallest absolute Gasteiger partial charge is 0.434 e. The third-order valence-corrected chi connectivity index (χ3v) is 2.78. The van der Waals surface area contributed by atoms with E-state index in [1.807, 2.05) is 0 Å². The molecule has 0 aliphatic rings. The number of esters is 1. The van der Waals surface area contributed by atoms with Crippen LogP contribution in [-0.4, -0.2) is 28.3 Å². The lowest BCUT2D eigenvalue weighted by Gasteiger charge is -2.05. The van der Waals surface area contributed by atoms with Gasteiger partial charge in [-0.05, 0) is 43.4 Å². The predicted octanol–water partition coefficient (Wildman–Crippen LogP) is 2.85. The third-order valence-electron chi connectivity index (χ3n) is 2.47. The molecular formula is C13H12N2O4S. The van der Waals surface area contributed by atoms with Crippen LogP contribution in [0.5, 0.6) is 0 Å². The van der Waals surface area contributed by atoms with Gasteiger partial charge in [-0.25, -0.2) is 9.59 Å². The van der Waals surface area contributed by atoms with E-state index in [0.29, 0.717) is 4.77 Å². The van der Waals surface area contributed by atoms with Gasteiger partial charge in [-0.15, -0.1) is 0 Å². The Hall–Kier alpha value is -2.41. The first-order valence-corrected chi connectivity index (χ1v) is 6.28. The van der Waals surface area contributed by atoms with Crippen molar-refractivity contribution in [3.05, 3.63) is 47.0 Å². The number of benzene rings is 1. The topological polar surface area (TPSA) is 73.3 Å². The van der Waals surface area contributed by atoms with Crippen LogP contribution in [-0.2, 0) is 9.47 Å². The Morgan fingerprint density at radius 2 is 2.00 bits per heavy atom. The predicted molar refractivity (Wildman–Crippen MR) is 73.4 cm³/mol. The number of H-pyrrole nitrogens is 1. The number of hydrogen-bond acceptors (Lipinski definition) is 5. The molecule has 1 heterocycles. The number of rotatable bonds is 3. The molecule has 0 radical (unpaired) electrons. The van der Waals surface area contributed by atoms with Crippen LogP contribution in [0.25, 0.3) is 5.69 Å². The monoisotopic (exact) mass is 292 g/mol. The Morgan fingerprint density at radius 1 is 1.30 bits per heavy atom. The first-order valence-electron chi connectivity index (χ1n) is 5.87. The summed E-state index contributed by atoms with van der Waals surface area (Å²) < 4.78 is 11.3. The molecule has 1 aromatic carbocycles. The normalized spacial score (nSPS) is 10.1. The van der Waals surface area contributed by atoms with Crippen molar-refractivity contribution in [3.8, 4) is 5.69 Å². The molecule has 0 aliphatic carbocycles. The van der Waals surface area contributed by atoms with Gasteiger partial charge in [-0.2, -0.15) is 0 Å². The van der Waals surface area contributed by atoms with Crippen molar-refractivity contribution in [2.45, 2.75) is 6.92 Å². The highest BCUT2D eigenvalue weighted by Gasteiger charge is 2.13. The Morgan fingerprint density at radius 3 is 2.55 bits per heavy atom. The number of nitrogens with one attached hydrogen (secondary N) is 1. The van der Waals surface area contributed by atoms with Gasteiger partial charge in [0.1, 0.15) is 0 Å². The molecule has 7 heteroatoms. The van der Waals surface area contributed by atoms with E-state index in [2.05, 4.69) is 14.5 Å².